The highest BCUT2D eigenvalue weighted by molar-refractivity contribution is 7.93. The first kappa shape index (κ1) is 23.5. The third kappa shape index (κ3) is 4.68. The summed E-state index contributed by atoms with van der Waals surface area (Å²) in [6, 6.07) is 9.44. The lowest BCUT2D eigenvalue weighted by Gasteiger charge is -2.29. The Kier molecular flexibility index (Phi) is 6.33. The van der Waals surface area contributed by atoms with Crippen LogP contribution >= 0.6 is 11.6 Å². The predicted octanol–water partition coefficient (Wildman–Crippen LogP) is 4.87. The van der Waals surface area contributed by atoms with E-state index in [9.17, 15) is 8.60 Å². The Hall–Kier alpha value is -3.24. The average Bonchev–Trinajstić information content (AvgIpc) is 3.28. The minimum Gasteiger partial charge on any atom is -0.486 e. The molecule has 4 aromatic rings. The number of H-pyrrole nitrogens is 1. The minimum atomic E-state index is -2.07. The number of hydrogen-bond acceptors (Lipinski definition) is 7. The van der Waals surface area contributed by atoms with Crippen molar-refractivity contribution in [2.75, 3.05) is 36.5 Å². The van der Waals surface area contributed by atoms with Gasteiger partial charge in [0, 0.05) is 70.3 Å². The van der Waals surface area contributed by atoms with Crippen molar-refractivity contribution in [3.8, 4) is 17.0 Å². The average molecular weight is 515 g/mol. The fraction of sp³-hybridized carbons (Fsp3) is 0.292. The maximum absolute atomic E-state index is 14.2. The van der Waals surface area contributed by atoms with Crippen molar-refractivity contribution in [3.05, 3.63) is 65.3 Å². The van der Waals surface area contributed by atoms with E-state index < -0.39 is 21.7 Å². The van der Waals surface area contributed by atoms with Crippen LogP contribution in [0.4, 0.5) is 10.2 Å². The van der Waals surface area contributed by atoms with Gasteiger partial charge in [0.15, 0.2) is 0 Å². The van der Waals surface area contributed by atoms with Crippen LogP contribution in [0, 0.1) is 5.82 Å². The molecule has 1 saturated heterocycles. The molecule has 0 radical (unpaired) electrons. The topological polar surface area (TPSA) is 96.4 Å². The Labute approximate surface area is 207 Å². The molecular formula is C24H24ClFN6O2S. The number of anilines is 1. The Balaban J connectivity index is 1.38. The van der Waals surface area contributed by atoms with Gasteiger partial charge < -0.3 is 9.64 Å². The van der Waals surface area contributed by atoms with Gasteiger partial charge in [-0.15, -0.1) is 0 Å². The number of aromatic amines is 1. The number of halogens is 2. The van der Waals surface area contributed by atoms with E-state index in [0.717, 1.165) is 34.2 Å². The third-order valence-corrected chi connectivity index (χ3v) is 8.79. The molecule has 0 amide bonds. The van der Waals surface area contributed by atoms with Gasteiger partial charge in [-0.25, -0.2) is 17.9 Å². The number of benzene rings is 1. The van der Waals surface area contributed by atoms with Gasteiger partial charge in [-0.05, 0) is 37.3 Å². The number of ether oxygens (including phenoxy) is 1. The Morgan fingerprint density at radius 1 is 1.20 bits per heavy atom. The lowest BCUT2D eigenvalue weighted by Crippen LogP contribution is -2.40. The van der Waals surface area contributed by atoms with E-state index in [1.165, 1.54) is 6.20 Å². The standard InChI is InChI=1S/C24H24ClFN6O2S/c1-15(23-19(25)13-28-14-20(23)26)34-17-4-5-21-18(11-17)24(31-30-21)16-3-6-22(29-12-16)32-7-9-35(33,27-2)10-8-32/h3-6,11-15H,7-10H2,1-2H3,(H,30,31). The zero-order valence-electron chi connectivity index (χ0n) is 19.2. The van der Waals surface area contributed by atoms with Gasteiger partial charge in [-0.3, -0.25) is 10.1 Å². The summed E-state index contributed by atoms with van der Waals surface area (Å²) in [7, 11) is -0.446. The van der Waals surface area contributed by atoms with E-state index >= 15 is 0 Å². The molecule has 8 nitrogen and oxygen atoms in total. The Bertz CT molecular complexity index is 1470. The summed E-state index contributed by atoms with van der Waals surface area (Å²) < 4.78 is 36.7. The van der Waals surface area contributed by atoms with Crippen LogP contribution in [0.15, 0.2) is 53.3 Å². The summed E-state index contributed by atoms with van der Waals surface area (Å²) in [5.74, 6) is 1.98. The molecule has 35 heavy (non-hydrogen) atoms. The number of aromatic nitrogens is 4. The van der Waals surface area contributed by atoms with Gasteiger partial charge in [-0.2, -0.15) is 5.10 Å². The second-order valence-electron chi connectivity index (χ2n) is 8.31. The van der Waals surface area contributed by atoms with Crippen LogP contribution in [0.25, 0.3) is 22.2 Å². The van der Waals surface area contributed by atoms with Gasteiger partial charge in [0.25, 0.3) is 0 Å². The van der Waals surface area contributed by atoms with Crippen LogP contribution in [0.2, 0.25) is 5.02 Å². The van der Waals surface area contributed by atoms with Gasteiger partial charge in [0.05, 0.1) is 16.7 Å². The van der Waals surface area contributed by atoms with Gasteiger partial charge in [0.2, 0.25) is 0 Å². The molecular weight excluding hydrogens is 491 g/mol. The molecule has 0 saturated carbocycles. The molecule has 0 bridgehead atoms. The highest BCUT2D eigenvalue weighted by atomic mass is 35.5. The molecule has 0 aliphatic carbocycles. The minimum absolute atomic E-state index is 0.217. The number of nitrogens with one attached hydrogen (secondary N) is 1. The molecule has 1 atom stereocenters. The number of rotatable bonds is 5. The van der Waals surface area contributed by atoms with E-state index in [0.29, 0.717) is 30.3 Å². The van der Waals surface area contributed by atoms with E-state index in [4.69, 9.17) is 16.3 Å². The van der Waals surface area contributed by atoms with E-state index in [-0.39, 0.29) is 10.6 Å². The summed E-state index contributed by atoms with van der Waals surface area (Å²) in [5, 5.41) is 8.58. The first-order valence-corrected chi connectivity index (χ1v) is 13.4. The van der Waals surface area contributed by atoms with Crippen molar-refractivity contribution in [2.24, 2.45) is 4.36 Å². The summed E-state index contributed by atoms with van der Waals surface area (Å²) in [4.78, 5) is 10.5. The van der Waals surface area contributed by atoms with Crippen LogP contribution in [-0.4, -0.2) is 56.0 Å². The molecule has 0 spiro atoms. The van der Waals surface area contributed by atoms with Crippen LogP contribution < -0.4 is 9.64 Å². The molecule has 3 aromatic heterocycles. The molecule has 5 rings (SSSR count). The highest BCUT2D eigenvalue weighted by Gasteiger charge is 2.21. The van der Waals surface area contributed by atoms with Gasteiger partial charge in [0.1, 0.15) is 29.2 Å². The first-order chi connectivity index (χ1) is 16.9. The van der Waals surface area contributed by atoms with E-state index in [2.05, 4.69) is 29.4 Å². The third-order valence-electron chi connectivity index (χ3n) is 6.18. The van der Waals surface area contributed by atoms with Crippen LogP contribution in [0.1, 0.15) is 18.6 Å². The fourth-order valence-electron chi connectivity index (χ4n) is 4.20. The molecule has 1 aliphatic heterocycles. The zero-order chi connectivity index (χ0) is 24.6. The molecule has 182 valence electrons. The molecule has 1 aromatic carbocycles. The zero-order valence-corrected chi connectivity index (χ0v) is 20.8. The molecule has 1 N–H and O–H groups in total. The Morgan fingerprint density at radius 3 is 2.69 bits per heavy atom. The largest absolute Gasteiger partial charge is 0.486 e. The number of fused-ring (bicyclic) bond motifs is 1. The molecule has 4 heterocycles. The maximum Gasteiger partial charge on any atom is 0.149 e. The van der Waals surface area contributed by atoms with Crippen LogP contribution in [0.3, 0.4) is 0 Å². The fourth-order valence-corrected chi connectivity index (χ4v) is 6.08. The van der Waals surface area contributed by atoms with Crippen molar-refractivity contribution in [3.63, 3.8) is 0 Å². The van der Waals surface area contributed by atoms with E-state index in [1.54, 1.807) is 26.2 Å². The van der Waals surface area contributed by atoms with Gasteiger partial charge >= 0.3 is 0 Å². The smallest absolute Gasteiger partial charge is 0.149 e. The number of hydrogen-bond donors (Lipinski definition) is 1. The summed E-state index contributed by atoms with van der Waals surface area (Å²) in [5.41, 5.74) is 2.68. The summed E-state index contributed by atoms with van der Waals surface area (Å²) in [6.07, 6.45) is 3.69. The Morgan fingerprint density at radius 2 is 2.00 bits per heavy atom. The van der Waals surface area contributed by atoms with Crippen molar-refractivity contribution in [2.45, 2.75) is 13.0 Å². The quantitative estimate of drug-likeness (QED) is 0.408. The number of nitrogens with zero attached hydrogens (tertiary/aromatic N) is 5. The summed E-state index contributed by atoms with van der Waals surface area (Å²) >= 11 is 6.14. The number of pyridine rings is 2. The van der Waals surface area contributed by atoms with E-state index in [1.807, 2.05) is 24.3 Å². The lowest BCUT2D eigenvalue weighted by molar-refractivity contribution is 0.221. The molecule has 11 heteroatoms. The second-order valence-corrected chi connectivity index (χ2v) is 11.4. The van der Waals surface area contributed by atoms with Crippen molar-refractivity contribution in [1.82, 2.24) is 20.2 Å². The summed E-state index contributed by atoms with van der Waals surface area (Å²) in [6.45, 7) is 3.06. The first-order valence-electron chi connectivity index (χ1n) is 11.1. The highest BCUT2D eigenvalue weighted by Crippen LogP contribution is 2.33. The normalized spacial score (nSPS) is 16.3. The lowest BCUT2D eigenvalue weighted by atomic mass is 10.1. The van der Waals surface area contributed by atoms with Gasteiger partial charge in [-0.1, -0.05) is 11.6 Å². The molecule has 1 unspecified atom stereocenters. The SMILES string of the molecule is CN=S1(=O)CCN(c2ccc(-c3n[nH]c4ccc(OC(C)c5c(F)cncc5Cl)cc34)cn2)CC1. The van der Waals surface area contributed by atoms with Crippen LogP contribution in [0.5, 0.6) is 5.75 Å². The molecule has 1 aliphatic rings. The predicted molar refractivity (Wildman–Crippen MR) is 136 cm³/mol. The molecule has 1 fully saturated rings. The van der Waals surface area contributed by atoms with Crippen molar-refractivity contribution >= 4 is 38.1 Å². The van der Waals surface area contributed by atoms with Crippen molar-refractivity contribution < 1.29 is 13.3 Å². The monoisotopic (exact) mass is 514 g/mol. The second kappa shape index (κ2) is 9.43. The van der Waals surface area contributed by atoms with Crippen molar-refractivity contribution in [1.29, 1.82) is 0 Å². The maximum atomic E-state index is 14.2. The van der Waals surface area contributed by atoms with Crippen LogP contribution in [-0.2, 0) is 9.73 Å².